The quantitative estimate of drug-likeness (QED) is 0.0264. The fourth-order valence-corrected chi connectivity index (χ4v) is 8.24. The number of ether oxygens (including phenoxy) is 2. The molecule has 0 aromatic rings. The first-order chi connectivity index (χ1) is 32.8. The van der Waals surface area contributed by atoms with Gasteiger partial charge in [0.2, 0.25) is 0 Å². The summed E-state index contributed by atoms with van der Waals surface area (Å²) in [6, 6.07) is 0. The largest absolute Gasteiger partial charge is 0.472 e. The summed E-state index contributed by atoms with van der Waals surface area (Å²) in [5, 5.41) is 0. The van der Waals surface area contributed by atoms with Crippen molar-refractivity contribution in [2.75, 3.05) is 26.4 Å². The van der Waals surface area contributed by atoms with E-state index in [4.69, 9.17) is 24.3 Å². The van der Waals surface area contributed by atoms with E-state index in [9.17, 15) is 19.0 Å². The number of phosphoric acid groups is 1. The van der Waals surface area contributed by atoms with Crippen LogP contribution in [-0.4, -0.2) is 49.3 Å². The predicted octanol–water partition coefficient (Wildman–Crippen LogP) is 17.0. The molecule has 0 radical (unpaired) electrons. The van der Waals surface area contributed by atoms with Crippen LogP contribution in [0, 0.1) is 0 Å². The molecular formula is C57H102NO8P. The van der Waals surface area contributed by atoms with Crippen LogP contribution in [0.1, 0.15) is 245 Å². The van der Waals surface area contributed by atoms with Gasteiger partial charge in [-0.25, -0.2) is 4.57 Å². The van der Waals surface area contributed by atoms with Gasteiger partial charge in [0, 0.05) is 19.4 Å². The second-order valence-corrected chi connectivity index (χ2v) is 19.5. The first-order valence-electron chi connectivity index (χ1n) is 27.4. The number of carbonyl (C=O) groups is 2. The molecule has 0 rings (SSSR count). The Morgan fingerprint density at radius 2 is 0.776 bits per heavy atom. The number of allylic oxidation sites excluding steroid dienone is 12. The monoisotopic (exact) mass is 960 g/mol. The molecule has 2 atom stereocenters. The van der Waals surface area contributed by atoms with Crippen LogP contribution in [-0.2, 0) is 32.7 Å². The molecule has 0 aliphatic carbocycles. The fourth-order valence-electron chi connectivity index (χ4n) is 7.47. The number of phosphoric ester groups is 1. The molecule has 3 N–H and O–H groups in total. The zero-order chi connectivity index (χ0) is 48.8. The smallest absolute Gasteiger partial charge is 0.462 e. The molecule has 388 valence electrons. The van der Waals surface area contributed by atoms with Crippen molar-refractivity contribution >= 4 is 19.8 Å². The van der Waals surface area contributed by atoms with Crippen LogP contribution >= 0.6 is 7.82 Å². The molecule has 0 bridgehead atoms. The summed E-state index contributed by atoms with van der Waals surface area (Å²) < 4.78 is 33.0. The Hall–Kier alpha value is -2.55. The summed E-state index contributed by atoms with van der Waals surface area (Å²) in [6.45, 7) is 3.71. The molecule has 2 unspecified atom stereocenters. The maximum atomic E-state index is 12.7. The van der Waals surface area contributed by atoms with Crippen LogP contribution in [0.3, 0.4) is 0 Å². The minimum atomic E-state index is -4.39. The average molecular weight is 960 g/mol. The van der Waals surface area contributed by atoms with Crippen molar-refractivity contribution in [2.24, 2.45) is 5.73 Å². The van der Waals surface area contributed by atoms with Gasteiger partial charge in [-0.3, -0.25) is 18.6 Å². The highest BCUT2D eigenvalue weighted by atomic mass is 31.2. The third kappa shape index (κ3) is 52.7. The lowest BCUT2D eigenvalue weighted by Crippen LogP contribution is -2.29. The second-order valence-electron chi connectivity index (χ2n) is 18.1. The molecule has 9 nitrogen and oxygen atoms in total. The third-order valence-corrected chi connectivity index (χ3v) is 12.5. The molecule has 0 heterocycles. The normalized spacial score (nSPS) is 13.7. The number of carbonyl (C=O) groups excluding carboxylic acids is 2. The molecule has 0 aliphatic rings. The van der Waals surface area contributed by atoms with Crippen LogP contribution in [0.25, 0.3) is 0 Å². The van der Waals surface area contributed by atoms with Gasteiger partial charge in [-0.2, -0.15) is 0 Å². The molecule has 0 saturated heterocycles. The van der Waals surface area contributed by atoms with E-state index in [0.717, 1.165) is 77.0 Å². The number of hydrogen-bond donors (Lipinski definition) is 2. The first kappa shape index (κ1) is 64.5. The number of nitrogens with two attached hydrogens (primary N) is 1. The van der Waals surface area contributed by atoms with Gasteiger partial charge >= 0.3 is 19.8 Å². The SMILES string of the molecule is CCCCCCC/C=C\C/C=C\C/C=C\CCCCCCCCCCCCC(=O)OC(COC(=O)CCCCCCCC/C=C\C/C=C\C/C=C\CCCCCCC)COP(=O)(O)OCCN. The summed E-state index contributed by atoms with van der Waals surface area (Å²) >= 11 is 0. The molecule has 0 aromatic heterocycles. The highest BCUT2D eigenvalue weighted by Crippen LogP contribution is 2.43. The van der Waals surface area contributed by atoms with Gasteiger partial charge in [0.25, 0.3) is 0 Å². The summed E-state index contributed by atoms with van der Waals surface area (Å²) in [5.41, 5.74) is 5.37. The number of hydrogen-bond acceptors (Lipinski definition) is 8. The van der Waals surface area contributed by atoms with Crippen molar-refractivity contribution in [3.63, 3.8) is 0 Å². The minimum Gasteiger partial charge on any atom is -0.462 e. The van der Waals surface area contributed by atoms with E-state index >= 15 is 0 Å². The van der Waals surface area contributed by atoms with E-state index in [1.807, 2.05) is 0 Å². The lowest BCUT2D eigenvalue weighted by molar-refractivity contribution is -0.161. The van der Waals surface area contributed by atoms with Gasteiger partial charge in [0.15, 0.2) is 6.10 Å². The van der Waals surface area contributed by atoms with Crippen molar-refractivity contribution in [1.82, 2.24) is 0 Å². The lowest BCUT2D eigenvalue weighted by Gasteiger charge is -2.19. The second kappa shape index (κ2) is 52.8. The van der Waals surface area contributed by atoms with Crippen molar-refractivity contribution < 1.29 is 37.6 Å². The Morgan fingerprint density at radius 3 is 1.15 bits per heavy atom. The zero-order valence-electron chi connectivity index (χ0n) is 43.1. The molecule has 0 saturated carbocycles. The summed E-state index contributed by atoms with van der Waals surface area (Å²) in [4.78, 5) is 35.1. The molecule has 67 heavy (non-hydrogen) atoms. The van der Waals surface area contributed by atoms with Crippen molar-refractivity contribution in [1.29, 1.82) is 0 Å². The molecule has 0 aliphatic heterocycles. The molecule has 0 amide bonds. The van der Waals surface area contributed by atoms with Crippen molar-refractivity contribution in [3.8, 4) is 0 Å². The highest BCUT2D eigenvalue weighted by molar-refractivity contribution is 7.47. The third-order valence-electron chi connectivity index (χ3n) is 11.6. The summed E-state index contributed by atoms with van der Waals surface area (Å²) in [7, 11) is -4.39. The zero-order valence-corrected chi connectivity index (χ0v) is 44.0. The Morgan fingerprint density at radius 1 is 0.448 bits per heavy atom. The van der Waals surface area contributed by atoms with E-state index in [1.54, 1.807) is 0 Å². The summed E-state index contributed by atoms with van der Waals surface area (Å²) in [6.07, 6.45) is 66.5. The van der Waals surface area contributed by atoms with Gasteiger partial charge in [-0.15, -0.1) is 0 Å². The van der Waals surface area contributed by atoms with Crippen LogP contribution in [0.2, 0.25) is 0 Å². The number of rotatable bonds is 51. The molecule has 0 fully saturated rings. The van der Waals surface area contributed by atoms with Gasteiger partial charge in [-0.05, 0) is 89.9 Å². The minimum absolute atomic E-state index is 0.0477. The lowest BCUT2D eigenvalue weighted by atomic mass is 10.0. The van der Waals surface area contributed by atoms with Crippen LogP contribution in [0.15, 0.2) is 72.9 Å². The fraction of sp³-hybridized carbons (Fsp3) is 0.754. The molecule has 0 spiro atoms. The van der Waals surface area contributed by atoms with Crippen LogP contribution in [0.4, 0.5) is 0 Å². The van der Waals surface area contributed by atoms with Crippen molar-refractivity contribution in [3.05, 3.63) is 72.9 Å². The Bertz CT molecular complexity index is 1320. The Labute approximate surface area is 411 Å². The molecular weight excluding hydrogens is 858 g/mol. The van der Waals surface area contributed by atoms with E-state index in [2.05, 4.69) is 86.8 Å². The van der Waals surface area contributed by atoms with Gasteiger partial charge in [-0.1, -0.05) is 215 Å². The van der Waals surface area contributed by atoms with E-state index < -0.39 is 32.5 Å². The van der Waals surface area contributed by atoms with E-state index in [-0.39, 0.29) is 32.6 Å². The number of esters is 2. The van der Waals surface area contributed by atoms with E-state index in [1.165, 1.54) is 128 Å². The summed E-state index contributed by atoms with van der Waals surface area (Å²) in [5.74, 6) is -0.846. The first-order valence-corrected chi connectivity index (χ1v) is 28.9. The predicted molar refractivity (Wildman–Crippen MR) is 284 cm³/mol. The van der Waals surface area contributed by atoms with Gasteiger partial charge in [0.05, 0.1) is 13.2 Å². The number of unbranched alkanes of at least 4 members (excludes halogenated alkanes) is 26. The van der Waals surface area contributed by atoms with Crippen LogP contribution in [0.5, 0.6) is 0 Å². The molecule has 10 heteroatoms. The Balaban J connectivity index is 4.06. The van der Waals surface area contributed by atoms with Gasteiger partial charge < -0.3 is 20.1 Å². The van der Waals surface area contributed by atoms with E-state index in [0.29, 0.717) is 12.8 Å². The topological polar surface area (TPSA) is 134 Å². The standard InChI is InChI=1S/C57H102NO8P/c1-3-5-7-9-11-13-15-17-19-21-23-25-26-27-28-30-32-34-36-38-40-42-44-46-48-50-57(60)66-55(54-65-67(61,62)64-52-51-58)53-63-56(59)49-47-45-43-41-39-37-35-33-31-29-24-22-20-18-16-14-12-10-8-6-4-2/h15-18,21-24,26-27,31,33,55H,3-14,19-20,25,28-30,32,34-54,58H2,1-2H3,(H,61,62)/b17-15-,18-16-,23-21-,24-22-,27-26-,33-31-. The highest BCUT2D eigenvalue weighted by Gasteiger charge is 2.26. The Kier molecular flexibility index (Phi) is 50.8. The van der Waals surface area contributed by atoms with Crippen molar-refractivity contribution in [2.45, 2.75) is 251 Å². The maximum absolute atomic E-state index is 12.7. The molecule has 0 aromatic carbocycles. The average Bonchev–Trinajstić information content (AvgIpc) is 3.32. The van der Waals surface area contributed by atoms with Crippen LogP contribution < -0.4 is 5.73 Å². The maximum Gasteiger partial charge on any atom is 0.472 e. The van der Waals surface area contributed by atoms with Gasteiger partial charge in [0.1, 0.15) is 6.61 Å².